The Morgan fingerprint density at radius 3 is 3.12 bits per heavy atom. The highest BCUT2D eigenvalue weighted by Crippen LogP contribution is 2.32. The molecule has 0 bridgehead atoms. The fourth-order valence-corrected chi connectivity index (χ4v) is 2.39. The SMILES string of the molecule is CC1CCCC(O)(CNc2n[nH]c(N)n2)C1. The summed E-state index contributed by atoms with van der Waals surface area (Å²) in [4.78, 5) is 3.93. The highest BCUT2D eigenvalue weighted by Gasteiger charge is 2.32. The summed E-state index contributed by atoms with van der Waals surface area (Å²) in [6.45, 7) is 2.66. The summed E-state index contributed by atoms with van der Waals surface area (Å²) in [6, 6.07) is 0. The molecule has 2 unspecified atom stereocenters. The molecule has 90 valence electrons. The Bertz CT molecular complexity index is 353. The Hall–Kier alpha value is -1.30. The first-order valence-electron chi connectivity index (χ1n) is 5.71. The van der Waals surface area contributed by atoms with Gasteiger partial charge in [0.2, 0.25) is 11.9 Å². The third-order valence-electron chi connectivity index (χ3n) is 3.15. The van der Waals surface area contributed by atoms with Crippen LogP contribution in [0.25, 0.3) is 0 Å². The molecule has 1 aromatic heterocycles. The smallest absolute Gasteiger partial charge is 0.243 e. The van der Waals surface area contributed by atoms with Crippen LogP contribution in [0.5, 0.6) is 0 Å². The van der Waals surface area contributed by atoms with Crippen LogP contribution in [0.4, 0.5) is 11.9 Å². The molecule has 2 atom stereocenters. The zero-order valence-corrected chi connectivity index (χ0v) is 9.53. The van der Waals surface area contributed by atoms with Crippen molar-refractivity contribution < 1.29 is 5.11 Å². The predicted molar refractivity (Wildman–Crippen MR) is 61.9 cm³/mol. The molecule has 0 spiro atoms. The second kappa shape index (κ2) is 4.29. The molecule has 6 heteroatoms. The molecule has 1 heterocycles. The van der Waals surface area contributed by atoms with Gasteiger partial charge in [-0.25, -0.2) is 5.10 Å². The van der Waals surface area contributed by atoms with E-state index in [1.807, 2.05) is 0 Å². The maximum absolute atomic E-state index is 10.4. The summed E-state index contributed by atoms with van der Waals surface area (Å²) < 4.78 is 0. The number of nitrogens with two attached hydrogens (primary N) is 1. The maximum Gasteiger partial charge on any atom is 0.243 e. The van der Waals surface area contributed by atoms with Crippen LogP contribution in [0.1, 0.15) is 32.6 Å². The molecule has 1 fully saturated rings. The summed E-state index contributed by atoms with van der Waals surface area (Å²) in [7, 11) is 0. The molecule has 0 saturated heterocycles. The molecule has 1 saturated carbocycles. The number of rotatable bonds is 3. The third-order valence-corrected chi connectivity index (χ3v) is 3.15. The van der Waals surface area contributed by atoms with Crippen molar-refractivity contribution in [3.63, 3.8) is 0 Å². The van der Waals surface area contributed by atoms with Crippen molar-refractivity contribution >= 4 is 11.9 Å². The fourth-order valence-electron chi connectivity index (χ4n) is 2.39. The van der Waals surface area contributed by atoms with E-state index in [2.05, 4.69) is 27.4 Å². The minimum Gasteiger partial charge on any atom is -0.388 e. The van der Waals surface area contributed by atoms with Gasteiger partial charge in [0.05, 0.1) is 5.60 Å². The second-order valence-corrected chi connectivity index (χ2v) is 4.82. The number of anilines is 2. The van der Waals surface area contributed by atoms with Crippen molar-refractivity contribution in [2.24, 2.45) is 5.92 Å². The molecule has 1 aliphatic carbocycles. The minimum atomic E-state index is -0.632. The van der Waals surface area contributed by atoms with Crippen LogP contribution in [-0.2, 0) is 0 Å². The van der Waals surface area contributed by atoms with Crippen molar-refractivity contribution in [2.75, 3.05) is 17.6 Å². The first-order valence-corrected chi connectivity index (χ1v) is 5.71. The van der Waals surface area contributed by atoms with Gasteiger partial charge in [-0.05, 0) is 18.8 Å². The Labute approximate surface area is 94.6 Å². The van der Waals surface area contributed by atoms with Gasteiger partial charge in [-0.15, -0.1) is 5.10 Å². The molecule has 0 aromatic carbocycles. The van der Waals surface area contributed by atoms with Gasteiger partial charge in [0.1, 0.15) is 0 Å². The zero-order valence-electron chi connectivity index (χ0n) is 9.53. The number of nitrogens with zero attached hydrogens (tertiary/aromatic N) is 2. The van der Waals surface area contributed by atoms with Crippen LogP contribution in [-0.4, -0.2) is 32.4 Å². The number of hydrogen-bond acceptors (Lipinski definition) is 5. The number of aromatic nitrogens is 3. The fraction of sp³-hybridized carbons (Fsp3) is 0.800. The summed E-state index contributed by atoms with van der Waals surface area (Å²) >= 11 is 0. The average molecular weight is 225 g/mol. The van der Waals surface area contributed by atoms with Crippen LogP contribution in [0.2, 0.25) is 0 Å². The van der Waals surface area contributed by atoms with Crippen molar-refractivity contribution in [1.29, 1.82) is 0 Å². The van der Waals surface area contributed by atoms with Crippen molar-refractivity contribution in [1.82, 2.24) is 15.2 Å². The number of aromatic amines is 1. The van der Waals surface area contributed by atoms with Gasteiger partial charge in [-0.2, -0.15) is 4.98 Å². The molecular formula is C10H19N5O. The lowest BCUT2D eigenvalue weighted by Gasteiger charge is -2.35. The predicted octanol–water partition coefficient (Wildman–Crippen LogP) is 0.740. The lowest BCUT2D eigenvalue weighted by atomic mass is 9.79. The molecule has 0 amide bonds. The Kier molecular flexibility index (Phi) is 3.00. The molecule has 2 rings (SSSR count). The molecule has 0 aliphatic heterocycles. The Balaban J connectivity index is 1.88. The number of hydrogen-bond donors (Lipinski definition) is 4. The van der Waals surface area contributed by atoms with Crippen LogP contribution in [0, 0.1) is 5.92 Å². The van der Waals surface area contributed by atoms with E-state index in [-0.39, 0.29) is 5.95 Å². The van der Waals surface area contributed by atoms with E-state index >= 15 is 0 Å². The van der Waals surface area contributed by atoms with Crippen LogP contribution in [0.15, 0.2) is 0 Å². The highest BCUT2D eigenvalue weighted by molar-refractivity contribution is 5.30. The first kappa shape index (κ1) is 11.2. The van der Waals surface area contributed by atoms with Crippen molar-refractivity contribution in [2.45, 2.75) is 38.2 Å². The maximum atomic E-state index is 10.4. The number of nitrogen functional groups attached to an aromatic ring is 1. The van der Waals surface area contributed by atoms with E-state index in [4.69, 9.17) is 5.73 Å². The molecule has 16 heavy (non-hydrogen) atoms. The van der Waals surface area contributed by atoms with E-state index < -0.39 is 5.60 Å². The summed E-state index contributed by atoms with van der Waals surface area (Å²) in [5, 5.41) is 19.8. The van der Waals surface area contributed by atoms with Crippen LogP contribution < -0.4 is 11.1 Å². The van der Waals surface area contributed by atoms with Gasteiger partial charge < -0.3 is 16.2 Å². The molecule has 5 N–H and O–H groups in total. The normalized spacial score (nSPS) is 30.2. The van der Waals surface area contributed by atoms with Crippen LogP contribution in [0.3, 0.4) is 0 Å². The van der Waals surface area contributed by atoms with Crippen molar-refractivity contribution in [3.05, 3.63) is 0 Å². The Morgan fingerprint density at radius 2 is 2.50 bits per heavy atom. The summed E-state index contributed by atoms with van der Waals surface area (Å²) in [6.07, 6.45) is 3.95. The van der Waals surface area contributed by atoms with E-state index in [0.717, 1.165) is 19.3 Å². The van der Waals surface area contributed by atoms with Gasteiger partial charge in [0, 0.05) is 6.54 Å². The molecular weight excluding hydrogens is 206 g/mol. The van der Waals surface area contributed by atoms with Gasteiger partial charge in [0.25, 0.3) is 0 Å². The zero-order chi connectivity index (χ0) is 11.6. The minimum absolute atomic E-state index is 0.284. The molecule has 0 radical (unpaired) electrons. The average Bonchev–Trinajstić information content (AvgIpc) is 2.61. The topological polar surface area (TPSA) is 99.8 Å². The molecule has 1 aromatic rings. The van der Waals surface area contributed by atoms with Gasteiger partial charge in [-0.3, -0.25) is 0 Å². The van der Waals surface area contributed by atoms with Crippen LogP contribution >= 0.6 is 0 Å². The summed E-state index contributed by atoms with van der Waals surface area (Å²) in [5.74, 6) is 1.31. The lowest BCUT2D eigenvalue weighted by molar-refractivity contribution is -0.000889. The summed E-state index contributed by atoms with van der Waals surface area (Å²) in [5.41, 5.74) is 4.78. The highest BCUT2D eigenvalue weighted by atomic mass is 16.3. The first-order chi connectivity index (χ1) is 7.57. The van der Waals surface area contributed by atoms with Gasteiger partial charge >= 0.3 is 0 Å². The monoisotopic (exact) mass is 225 g/mol. The lowest BCUT2D eigenvalue weighted by Crippen LogP contribution is -2.41. The van der Waals surface area contributed by atoms with Crippen molar-refractivity contribution in [3.8, 4) is 0 Å². The van der Waals surface area contributed by atoms with E-state index in [1.165, 1.54) is 6.42 Å². The number of H-pyrrole nitrogens is 1. The van der Waals surface area contributed by atoms with E-state index in [9.17, 15) is 5.11 Å². The number of aliphatic hydroxyl groups is 1. The number of nitrogens with one attached hydrogen (secondary N) is 2. The van der Waals surface area contributed by atoms with E-state index in [1.54, 1.807) is 0 Å². The standard InChI is InChI=1S/C10H19N5O/c1-7-3-2-4-10(16,5-7)6-12-9-13-8(11)14-15-9/h7,16H,2-6H2,1H3,(H4,11,12,13,14,15). The third kappa shape index (κ3) is 2.63. The van der Waals surface area contributed by atoms with Gasteiger partial charge in [-0.1, -0.05) is 19.8 Å². The van der Waals surface area contributed by atoms with E-state index in [0.29, 0.717) is 18.4 Å². The Morgan fingerprint density at radius 1 is 1.69 bits per heavy atom. The quantitative estimate of drug-likeness (QED) is 0.608. The second-order valence-electron chi connectivity index (χ2n) is 4.82. The molecule has 6 nitrogen and oxygen atoms in total. The van der Waals surface area contributed by atoms with Gasteiger partial charge in [0.15, 0.2) is 0 Å². The largest absolute Gasteiger partial charge is 0.388 e. The molecule has 1 aliphatic rings.